The molecule has 8 heteroatoms. The fourth-order valence-corrected chi connectivity index (χ4v) is 2.80. The first-order valence-corrected chi connectivity index (χ1v) is 9.74. The van der Waals surface area contributed by atoms with E-state index in [0.29, 0.717) is 28.5 Å². The van der Waals surface area contributed by atoms with Crippen molar-refractivity contribution in [2.45, 2.75) is 6.61 Å². The lowest BCUT2D eigenvalue weighted by atomic mass is 10.2. The summed E-state index contributed by atoms with van der Waals surface area (Å²) in [6.07, 6.45) is 0. The fourth-order valence-electron chi connectivity index (χ4n) is 2.47. The van der Waals surface area contributed by atoms with E-state index in [1.54, 1.807) is 42.5 Å². The molecule has 0 aromatic heterocycles. The summed E-state index contributed by atoms with van der Waals surface area (Å²) >= 11 is 10.9. The first kappa shape index (κ1) is 21.3. The van der Waals surface area contributed by atoms with E-state index >= 15 is 0 Å². The van der Waals surface area contributed by atoms with Gasteiger partial charge in [-0.2, -0.15) is 0 Å². The maximum absolute atomic E-state index is 12.2. The number of halogens is 1. The minimum Gasteiger partial charge on any atom is -0.489 e. The Morgan fingerprint density at radius 3 is 2.27 bits per heavy atom. The van der Waals surface area contributed by atoms with Gasteiger partial charge < -0.3 is 4.74 Å². The van der Waals surface area contributed by atoms with Gasteiger partial charge in [0.15, 0.2) is 5.11 Å². The van der Waals surface area contributed by atoms with Gasteiger partial charge in [0.2, 0.25) is 0 Å². The minimum absolute atomic E-state index is 0.0452. The van der Waals surface area contributed by atoms with Gasteiger partial charge in [-0.3, -0.25) is 25.8 Å². The molecule has 152 valence electrons. The average Bonchev–Trinajstić information content (AvgIpc) is 2.77. The largest absolute Gasteiger partial charge is 0.489 e. The van der Waals surface area contributed by atoms with Gasteiger partial charge in [0.1, 0.15) is 12.4 Å². The number of nitrogens with one attached hydrogen (secondary N) is 3. The van der Waals surface area contributed by atoms with Gasteiger partial charge in [-0.25, -0.2) is 0 Å². The monoisotopic (exact) mass is 439 g/mol. The quantitative estimate of drug-likeness (QED) is 0.415. The number of hydrazine groups is 1. The summed E-state index contributed by atoms with van der Waals surface area (Å²) in [4.78, 5) is 24.3. The van der Waals surface area contributed by atoms with Gasteiger partial charge in [-0.1, -0.05) is 48.0 Å². The predicted molar refractivity (Wildman–Crippen MR) is 119 cm³/mol. The lowest BCUT2D eigenvalue weighted by Gasteiger charge is -2.11. The molecule has 2 amide bonds. The highest BCUT2D eigenvalue weighted by Gasteiger charge is 2.10. The fraction of sp³-hybridized carbons (Fsp3) is 0.0455. The molecule has 0 heterocycles. The molecule has 0 aliphatic heterocycles. The molecule has 0 radical (unpaired) electrons. The molecular formula is C22H18ClN3O3S. The summed E-state index contributed by atoms with van der Waals surface area (Å²) in [5.74, 6) is -0.208. The van der Waals surface area contributed by atoms with Gasteiger partial charge in [0.05, 0.1) is 0 Å². The molecular weight excluding hydrogens is 422 g/mol. The summed E-state index contributed by atoms with van der Waals surface area (Å²) in [5, 5.41) is 2.85. The number of hydrogen-bond donors (Lipinski definition) is 3. The van der Waals surface area contributed by atoms with E-state index in [1.165, 1.54) is 6.07 Å². The van der Waals surface area contributed by atoms with Crippen LogP contribution in [0.3, 0.4) is 0 Å². The van der Waals surface area contributed by atoms with Crippen molar-refractivity contribution < 1.29 is 14.3 Å². The minimum atomic E-state index is -0.441. The van der Waals surface area contributed by atoms with E-state index in [4.69, 9.17) is 28.6 Å². The second-order valence-electron chi connectivity index (χ2n) is 6.17. The Bertz CT molecular complexity index is 1040. The number of carbonyl (C=O) groups is 2. The van der Waals surface area contributed by atoms with E-state index in [-0.39, 0.29) is 5.11 Å². The first-order valence-electron chi connectivity index (χ1n) is 8.95. The summed E-state index contributed by atoms with van der Waals surface area (Å²) in [6, 6.07) is 22.9. The van der Waals surface area contributed by atoms with E-state index in [0.717, 1.165) is 5.56 Å². The van der Waals surface area contributed by atoms with Crippen LogP contribution in [0, 0.1) is 0 Å². The molecule has 0 fully saturated rings. The molecule has 0 unspecified atom stereocenters. The zero-order chi connectivity index (χ0) is 21.3. The Labute approximate surface area is 184 Å². The molecule has 0 atom stereocenters. The van der Waals surface area contributed by atoms with Crippen LogP contribution in [-0.4, -0.2) is 16.9 Å². The standard InChI is InChI=1S/C22H18ClN3O3S/c23-18-8-4-7-17(13-18)20(27)24-22(30)26-25-21(28)16-9-11-19(12-10-16)29-14-15-5-2-1-3-6-15/h1-13H,14H2,(H,25,28)(H2,24,26,27,30). The Morgan fingerprint density at radius 2 is 1.57 bits per heavy atom. The van der Waals surface area contributed by atoms with Crippen LogP contribution in [0.1, 0.15) is 26.3 Å². The van der Waals surface area contributed by atoms with Crippen LogP contribution in [0.2, 0.25) is 5.02 Å². The molecule has 0 aliphatic rings. The van der Waals surface area contributed by atoms with Crippen molar-refractivity contribution in [2.24, 2.45) is 0 Å². The molecule has 0 saturated carbocycles. The molecule has 3 rings (SSSR count). The van der Waals surface area contributed by atoms with Crippen molar-refractivity contribution in [3.05, 3.63) is 101 Å². The molecule has 0 spiro atoms. The van der Waals surface area contributed by atoms with Crippen LogP contribution in [0.25, 0.3) is 0 Å². The third-order valence-electron chi connectivity index (χ3n) is 3.97. The Kier molecular flexibility index (Phi) is 7.37. The van der Waals surface area contributed by atoms with Crippen molar-refractivity contribution in [2.75, 3.05) is 0 Å². The lowest BCUT2D eigenvalue weighted by Crippen LogP contribution is -2.48. The van der Waals surface area contributed by atoms with Crippen molar-refractivity contribution in [1.82, 2.24) is 16.2 Å². The SMILES string of the molecule is O=C(NNC(=S)NC(=O)c1cccc(Cl)c1)c1ccc(OCc2ccccc2)cc1. The third-order valence-corrected chi connectivity index (χ3v) is 4.41. The smallest absolute Gasteiger partial charge is 0.269 e. The maximum atomic E-state index is 12.2. The summed E-state index contributed by atoms with van der Waals surface area (Å²) in [7, 11) is 0. The molecule has 0 saturated heterocycles. The van der Waals surface area contributed by atoms with Crippen LogP contribution in [0.4, 0.5) is 0 Å². The number of thiocarbonyl (C=S) groups is 1. The number of carbonyl (C=O) groups excluding carboxylic acids is 2. The van der Waals surface area contributed by atoms with E-state index in [2.05, 4.69) is 16.2 Å². The number of benzene rings is 3. The zero-order valence-electron chi connectivity index (χ0n) is 15.7. The summed E-state index contributed by atoms with van der Waals surface area (Å²) in [6.45, 7) is 0.439. The molecule has 3 aromatic rings. The van der Waals surface area contributed by atoms with Gasteiger partial charge in [-0.15, -0.1) is 0 Å². The molecule has 6 nitrogen and oxygen atoms in total. The van der Waals surface area contributed by atoms with Crippen molar-refractivity contribution in [3.8, 4) is 5.75 Å². The van der Waals surface area contributed by atoms with Crippen molar-refractivity contribution in [1.29, 1.82) is 0 Å². The van der Waals surface area contributed by atoms with Crippen LogP contribution < -0.4 is 20.9 Å². The van der Waals surface area contributed by atoms with Crippen LogP contribution in [0.15, 0.2) is 78.9 Å². The lowest BCUT2D eigenvalue weighted by molar-refractivity contribution is 0.0934. The highest BCUT2D eigenvalue weighted by atomic mass is 35.5. The van der Waals surface area contributed by atoms with Crippen LogP contribution in [-0.2, 0) is 6.61 Å². The van der Waals surface area contributed by atoms with Gasteiger partial charge in [0.25, 0.3) is 11.8 Å². The van der Waals surface area contributed by atoms with Crippen molar-refractivity contribution >= 4 is 40.7 Å². The number of ether oxygens (including phenoxy) is 1. The zero-order valence-corrected chi connectivity index (χ0v) is 17.3. The Balaban J connectivity index is 1.46. The first-order chi connectivity index (χ1) is 14.5. The summed E-state index contributed by atoms with van der Waals surface area (Å²) in [5.41, 5.74) is 6.73. The highest BCUT2D eigenvalue weighted by molar-refractivity contribution is 7.80. The van der Waals surface area contributed by atoms with Crippen LogP contribution in [0.5, 0.6) is 5.75 Å². The highest BCUT2D eigenvalue weighted by Crippen LogP contribution is 2.14. The number of rotatable bonds is 5. The van der Waals surface area contributed by atoms with E-state index in [9.17, 15) is 9.59 Å². The topological polar surface area (TPSA) is 79.5 Å². The maximum Gasteiger partial charge on any atom is 0.269 e. The molecule has 30 heavy (non-hydrogen) atoms. The van der Waals surface area contributed by atoms with Crippen LogP contribution >= 0.6 is 23.8 Å². The molecule has 3 N–H and O–H groups in total. The van der Waals surface area contributed by atoms with E-state index < -0.39 is 11.8 Å². The molecule has 0 aliphatic carbocycles. The molecule has 0 bridgehead atoms. The van der Waals surface area contributed by atoms with Crippen molar-refractivity contribution in [3.63, 3.8) is 0 Å². The number of hydrogen-bond acceptors (Lipinski definition) is 4. The normalized spacial score (nSPS) is 10.0. The Hall–Kier alpha value is -3.42. The second kappa shape index (κ2) is 10.4. The number of amides is 2. The molecule has 3 aromatic carbocycles. The van der Waals surface area contributed by atoms with Gasteiger partial charge >= 0.3 is 0 Å². The van der Waals surface area contributed by atoms with Gasteiger partial charge in [-0.05, 0) is 60.2 Å². The average molecular weight is 440 g/mol. The Morgan fingerprint density at radius 1 is 0.833 bits per heavy atom. The second-order valence-corrected chi connectivity index (χ2v) is 7.02. The predicted octanol–water partition coefficient (Wildman–Crippen LogP) is 3.87. The summed E-state index contributed by atoms with van der Waals surface area (Å²) < 4.78 is 5.69. The van der Waals surface area contributed by atoms with Gasteiger partial charge in [0, 0.05) is 16.1 Å². The van der Waals surface area contributed by atoms with E-state index in [1.807, 2.05) is 30.3 Å². The third kappa shape index (κ3) is 6.30.